The van der Waals surface area contributed by atoms with E-state index >= 15 is 0 Å². The monoisotopic (exact) mass is 219 g/mol. The normalized spacial score (nSPS) is 19.4. The molecular formula is C14H21NO. The predicted octanol–water partition coefficient (Wildman–Crippen LogP) is 2.90. The molecule has 0 amide bonds. The van der Waals surface area contributed by atoms with Crippen molar-refractivity contribution in [1.29, 1.82) is 0 Å². The van der Waals surface area contributed by atoms with Crippen molar-refractivity contribution in [3.8, 4) is 0 Å². The van der Waals surface area contributed by atoms with Gasteiger partial charge >= 0.3 is 0 Å². The highest BCUT2D eigenvalue weighted by atomic mass is 16.3. The SMILES string of the molecule is CN(C)c1cccc(C2(O)CCCCC2)c1. The highest BCUT2D eigenvalue weighted by Gasteiger charge is 2.31. The Hall–Kier alpha value is -1.02. The van der Waals surface area contributed by atoms with Crippen molar-refractivity contribution < 1.29 is 5.11 Å². The molecule has 1 aliphatic carbocycles. The highest BCUT2D eigenvalue weighted by Crippen LogP contribution is 2.37. The summed E-state index contributed by atoms with van der Waals surface area (Å²) in [6.45, 7) is 0. The zero-order chi connectivity index (χ0) is 11.6. The van der Waals surface area contributed by atoms with E-state index in [9.17, 15) is 5.11 Å². The van der Waals surface area contributed by atoms with Crippen LogP contribution in [0.5, 0.6) is 0 Å². The number of rotatable bonds is 2. The quantitative estimate of drug-likeness (QED) is 0.826. The van der Waals surface area contributed by atoms with Gasteiger partial charge in [0.1, 0.15) is 0 Å². The Morgan fingerprint density at radius 2 is 1.81 bits per heavy atom. The van der Waals surface area contributed by atoms with Crippen molar-refractivity contribution in [2.75, 3.05) is 19.0 Å². The van der Waals surface area contributed by atoms with E-state index in [-0.39, 0.29) is 0 Å². The molecule has 88 valence electrons. The molecule has 1 fully saturated rings. The van der Waals surface area contributed by atoms with Crippen LogP contribution in [0.3, 0.4) is 0 Å². The first-order valence-corrected chi connectivity index (χ1v) is 6.12. The number of anilines is 1. The number of nitrogens with zero attached hydrogens (tertiary/aromatic N) is 1. The second-order valence-corrected chi connectivity index (χ2v) is 5.04. The minimum Gasteiger partial charge on any atom is -0.385 e. The number of hydrogen-bond acceptors (Lipinski definition) is 2. The van der Waals surface area contributed by atoms with Crippen LogP contribution in [0.2, 0.25) is 0 Å². The Morgan fingerprint density at radius 1 is 1.12 bits per heavy atom. The predicted molar refractivity (Wildman–Crippen MR) is 67.8 cm³/mol. The van der Waals surface area contributed by atoms with Crippen LogP contribution in [0.25, 0.3) is 0 Å². The summed E-state index contributed by atoms with van der Waals surface area (Å²) >= 11 is 0. The second-order valence-electron chi connectivity index (χ2n) is 5.04. The zero-order valence-corrected chi connectivity index (χ0v) is 10.2. The third-order valence-corrected chi connectivity index (χ3v) is 3.58. The van der Waals surface area contributed by atoms with E-state index < -0.39 is 5.60 Å². The Kier molecular flexibility index (Phi) is 3.20. The maximum absolute atomic E-state index is 10.6. The molecule has 2 rings (SSSR count). The second kappa shape index (κ2) is 4.46. The molecule has 0 bridgehead atoms. The van der Waals surface area contributed by atoms with Crippen LogP contribution < -0.4 is 4.90 Å². The molecular weight excluding hydrogens is 198 g/mol. The summed E-state index contributed by atoms with van der Waals surface area (Å²) in [6.07, 6.45) is 5.36. The van der Waals surface area contributed by atoms with Gasteiger partial charge in [-0.15, -0.1) is 0 Å². The van der Waals surface area contributed by atoms with Gasteiger partial charge in [0.2, 0.25) is 0 Å². The molecule has 0 saturated heterocycles. The fraction of sp³-hybridized carbons (Fsp3) is 0.571. The van der Waals surface area contributed by atoms with Crippen LogP contribution in [0.15, 0.2) is 24.3 Å². The Labute approximate surface area is 97.9 Å². The van der Waals surface area contributed by atoms with Gasteiger partial charge in [-0.2, -0.15) is 0 Å². The van der Waals surface area contributed by atoms with Crippen molar-refractivity contribution in [2.24, 2.45) is 0 Å². The van der Waals surface area contributed by atoms with Gasteiger partial charge < -0.3 is 10.0 Å². The molecule has 1 saturated carbocycles. The molecule has 0 aliphatic heterocycles. The number of hydrogen-bond donors (Lipinski definition) is 1. The maximum Gasteiger partial charge on any atom is 0.0897 e. The standard InChI is InChI=1S/C14H21NO/c1-15(2)13-8-6-7-12(11-13)14(16)9-4-3-5-10-14/h6-8,11,16H,3-5,9-10H2,1-2H3. The first kappa shape index (κ1) is 11.5. The molecule has 0 spiro atoms. The minimum absolute atomic E-state index is 0.579. The van der Waals surface area contributed by atoms with Gasteiger partial charge in [-0.3, -0.25) is 0 Å². The molecule has 2 heteroatoms. The smallest absolute Gasteiger partial charge is 0.0897 e. The van der Waals surface area contributed by atoms with Crippen molar-refractivity contribution in [2.45, 2.75) is 37.7 Å². The van der Waals surface area contributed by atoms with Gasteiger partial charge in [0.15, 0.2) is 0 Å². The van der Waals surface area contributed by atoms with Crippen LogP contribution in [-0.2, 0) is 5.60 Å². The van der Waals surface area contributed by atoms with E-state index in [1.807, 2.05) is 20.2 Å². The highest BCUT2D eigenvalue weighted by molar-refractivity contribution is 5.48. The van der Waals surface area contributed by atoms with Gasteiger partial charge in [-0.05, 0) is 30.5 Å². The average molecular weight is 219 g/mol. The summed E-state index contributed by atoms with van der Waals surface area (Å²) in [7, 11) is 4.06. The van der Waals surface area contributed by atoms with Gasteiger partial charge in [0.25, 0.3) is 0 Å². The summed E-state index contributed by atoms with van der Waals surface area (Å²) in [5.41, 5.74) is 1.67. The topological polar surface area (TPSA) is 23.5 Å². The molecule has 2 nitrogen and oxygen atoms in total. The molecule has 0 atom stereocenters. The van der Waals surface area contributed by atoms with Crippen molar-refractivity contribution in [1.82, 2.24) is 0 Å². The van der Waals surface area contributed by atoms with E-state index in [2.05, 4.69) is 23.1 Å². The van der Waals surface area contributed by atoms with E-state index in [0.29, 0.717) is 0 Å². The van der Waals surface area contributed by atoms with E-state index in [4.69, 9.17) is 0 Å². The zero-order valence-electron chi connectivity index (χ0n) is 10.2. The van der Waals surface area contributed by atoms with Crippen LogP contribution in [0.1, 0.15) is 37.7 Å². The molecule has 0 unspecified atom stereocenters. The number of benzene rings is 1. The van der Waals surface area contributed by atoms with Crippen LogP contribution in [0.4, 0.5) is 5.69 Å². The lowest BCUT2D eigenvalue weighted by Crippen LogP contribution is -2.28. The molecule has 1 aromatic rings. The van der Waals surface area contributed by atoms with E-state index in [1.54, 1.807) is 0 Å². The lowest BCUT2D eigenvalue weighted by atomic mass is 9.79. The Bertz CT molecular complexity index is 354. The van der Waals surface area contributed by atoms with Crippen LogP contribution in [-0.4, -0.2) is 19.2 Å². The first-order valence-electron chi connectivity index (χ1n) is 6.12. The van der Waals surface area contributed by atoms with Crippen LogP contribution >= 0.6 is 0 Å². The lowest BCUT2D eigenvalue weighted by Gasteiger charge is -2.33. The van der Waals surface area contributed by atoms with E-state index in [1.165, 1.54) is 6.42 Å². The summed E-state index contributed by atoms with van der Waals surface area (Å²) in [5, 5.41) is 10.6. The van der Waals surface area contributed by atoms with Gasteiger partial charge in [-0.25, -0.2) is 0 Å². The van der Waals surface area contributed by atoms with Gasteiger partial charge in [0, 0.05) is 19.8 Å². The third kappa shape index (κ3) is 2.22. The van der Waals surface area contributed by atoms with Crippen molar-refractivity contribution in [3.05, 3.63) is 29.8 Å². The van der Waals surface area contributed by atoms with Crippen LogP contribution in [0, 0.1) is 0 Å². The first-order chi connectivity index (χ1) is 7.62. The molecule has 1 N–H and O–H groups in total. The third-order valence-electron chi connectivity index (χ3n) is 3.58. The summed E-state index contributed by atoms with van der Waals surface area (Å²) in [5.74, 6) is 0. The van der Waals surface area contributed by atoms with Gasteiger partial charge in [-0.1, -0.05) is 31.4 Å². The summed E-state index contributed by atoms with van der Waals surface area (Å²) in [6, 6.07) is 8.29. The molecule has 0 radical (unpaired) electrons. The fourth-order valence-corrected chi connectivity index (χ4v) is 2.50. The minimum atomic E-state index is -0.579. The molecule has 0 heterocycles. The summed E-state index contributed by atoms with van der Waals surface area (Å²) < 4.78 is 0. The molecule has 16 heavy (non-hydrogen) atoms. The number of aliphatic hydroxyl groups is 1. The maximum atomic E-state index is 10.6. The molecule has 0 aromatic heterocycles. The van der Waals surface area contributed by atoms with Gasteiger partial charge in [0.05, 0.1) is 5.60 Å². The summed E-state index contributed by atoms with van der Waals surface area (Å²) in [4.78, 5) is 2.08. The van der Waals surface area contributed by atoms with Crippen molar-refractivity contribution in [3.63, 3.8) is 0 Å². The average Bonchev–Trinajstić information content (AvgIpc) is 2.30. The largest absolute Gasteiger partial charge is 0.385 e. The Morgan fingerprint density at radius 3 is 2.44 bits per heavy atom. The van der Waals surface area contributed by atoms with Crippen molar-refractivity contribution >= 4 is 5.69 Å². The Balaban J connectivity index is 2.28. The fourth-order valence-electron chi connectivity index (χ4n) is 2.50. The molecule has 1 aliphatic rings. The van der Waals surface area contributed by atoms with E-state index in [0.717, 1.165) is 36.9 Å². The molecule has 1 aromatic carbocycles. The lowest BCUT2D eigenvalue weighted by molar-refractivity contribution is -0.000589.